The summed E-state index contributed by atoms with van der Waals surface area (Å²) in [5.41, 5.74) is 1.02. The molecule has 2 N–H and O–H groups in total. The van der Waals surface area contributed by atoms with Crippen molar-refractivity contribution in [1.82, 2.24) is 15.5 Å². The van der Waals surface area contributed by atoms with E-state index in [1.807, 2.05) is 36.1 Å². The molecule has 1 aromatic rings. The SMILES string of the molecule is CCC(NC(=O)CNC(=O)CC12CC3CC(CC(C3)C1)C2)c1ccccc1OCC(=O)N1CCCC1. The molecule has 3 amide bonds. The molecule has 1 aromatic carbocycles. The number of nitrogens with one attached hydrogen (secondary N) is 2. The van der Waals surface area contributed by atoms with Gasteiger partial charge in [0.1, 0.15) is 5.75 Å². The summed E-state index contributed by atoms with van der Waals surface area (Å²) >= 11 is 0. The summed E-state index contributed by atoms with van der Waals surface area (Å²) in [5.74, 6) is 2.85. The highest BCUT2D eigenvalue weighted by Gasteiger charge is 2.51. The zero-order valence-corrected chi connectivity index (χ0v) is 21.6. The van der Waals surface area contributed by atoms with Gasteiger partial charge in [0, 0.05) is 25.1 Å². The quantitative estimate of drug-likeness (QED) is 0.514. The number of benzene rings is 1. The van der Waals surface area contributed by atoms with Crippen LogP contribution in [0.15, 0.2) is 24.3 Å². The van der Waals surface area contributed by atoms with Crippen LogP contribution in [-0.2, 0) is 14.4 Å². The molecule has 6 rings (SSSR count). The third-order valence-electron chi connectivity index (χ3n) is 8.99. The van der Waals surface area contributed by atoms with Crippen molar-refractivity contribution in [3.8, 4) is 5.75 Å². The molecule has 5 fully saturated rings. The summed E-state index contributed by atoms with van der Waals surface area (Å²) in [6.07, 6.45) is 11.0. The van der Waals surface area contributed by atoms with E-state index in [-0.39, 0.29) is 42.3 Å². The Labute approximate surface area is 214 Å². The molecule has 1 unspecified atom stereocenters. The first kappa shape index (κ1) is 25.1. The fourth-order valence-corrected chi connectivity index (χ4v) is 7.83. The number of ether oxygens (including phenoxy) is 1. The van der Waals surface area contributed by atoms with Gasteiger partial charge in [-0.1, -0.05) is 25.1 Å². The lowest BCUT2D eigenvalue weighted by molar-refractivity contribution is -0.132. The second kappa shape index (κ2) is 10.8. The number of hydrogen-bond acceptors (Lipinski definition) is 4. The summed E-state index contributed by atoms with van der Waals surface area (Å²) in [4.78, 5) is 39.9. The lowest BCUT2D eigenvalue weighted by atomic mass is 9.49. The van der Waals surface area contributed by atoms with Gasteiger partial charge in [-0.25, -0.2) is 0 Å². The van der Waals surface area contributed by atoms with Gasteiger partial charge in [0.2, 0.25) is 11.8 Å². The molecule has 5 aliphatic rings. The minimum atomic E-state index is -0.254. The van der Waals surface area contributed by atoms with E-state index in [4.69, 9.17) is 4.74 Å². The second-order valence-corrected chi connectivity index (χ2v) is 11.8. The highest BCUT2D eigenvalue weighted by molar-refractivity contribution is 5.85. The topological polar surface area (TPSA) is 87.7 Å². The van der Waals surface area contributed by atoms with E-state index in [1.165, 1.54) is 38.5 Å². The summed E-state index contributed by atoms with van der Waals surface area (Å²) in [6, 6.07) is 7.30. The summed E-state index contributed by atoms with van der Waals surface area (Å²) < 4.78 is 5.90. The van der Waals surface area contributed by atoms with E-state index in [1.54, 1.807) is 0 Å². The van der Waals surface area contributed by atoms with Crippen LogP contribution in [0.25, 0.3) is 0 Å². The molecule has 7 nitrogen and oxygen atoms in total. The van der Waals surface area contributed by atoms with E-state index in [9.17, 15) is 14.4 Å². The molecule has 196 valence electrons. The van der Waals surface area contributed by atoms with E-state index in [0.29, 0.717) is 18.6 Å². The molecular formula is C29H41N3O4. The molecule has 7 heteroatoms. The molecule has 4 bridgehead atoms. The molecule has 0 radical (unpaired) electrons. The van der Waals surface area contributed by atoms with Crippen LogP contribution in [-0.4, -0.2) is 48.9 Å². The Morgan fingerprint density at radius 1 is 1.00 bits per heavy atom. The average molecular weight is 496 g/mol. The molecule has 1 saturated heterocycles. The minimum absolute atomic E-state index is 0.00104. The highest BCUT2D eigenvalue weighted by Crippen LogP contribution is 2.61. The Bertz CT molecular complexity index is 936. The first-order valence-electron chi connectivity index (χ1n) is 14.0. The van der Waals surface area contributed by atoms with Gasteiger partial charge < -0.3 is 20.3 Å². The number of nitrogens with zero attached hydrogens (tertiary/aromatic N) is 1. The molecule has 4 saturated carbocycles. The number of carbonyl (C=O) groups is 3. The van der Waals surface area contributed by atoms with Crippen LogP contribution >= 0.6 is 0 Å². The third-order valence-corrected chi connectivity index (χ3v) is 8.99. The molecule has 0 aromatic heterocycles. The average Bonchev–Trinajstić information content (AvgIpc) is 3.39. The van der Waals surface area contributed by atoms with Crippen LogP contribution < -0.4 is 15.4 Å². The summed E-state index contributed by atoms with van der Waals surface area (Å²) in [7, 11) is 0. The van der Waals surface area contributed by atoms with Crippen molar-refractivity contribution in [1.29, 1.82) is 0 Å². The van der Waals surface area contributed by atoms with E-state index in [0.717, 1.165) is 49.2 Å². The molecule has 0 spiro atoms. The zero-order chi connectivity index (χ0) is 25.1. The van der Waals surface area contributed by atoms with Gasteiger partial charge in [-0.15, -0.1) is 0 Å². The molecule has 36 heavy (non-hydrogen) atoms. The van der Waals surface area contributed by atoms with Crippen LogP contribution in [0, 0.1) is 23.2 Å². The fourth-order valence-electron chi connectivity index (χ4n) is 7.83. The number of rotatable bonds is 10. The highest BCUT2D eigenvalue weighted by atomic mass is 16.5. The fraction of sp³-hybridized carbons (Fsp3) is 0.690. The van der Waals surface area contributed by atoms with Crippen LogP contribution in [0.2, 0.25) is 0 Å². The van der Waals surface area contributed by atoms with Gasteiger partial charge in [0.15, 0.2) is 6.61 Å². The number of carbonyl (C=O) groups excluding carboxylic acids is 3. The second-order valence-electron chi connectivity index (χ2n) is 11.8. The van der Waals surface area contributed by atoms with Gasteiger partial charge >= 0.3 is 0 Å². The maximum absolute atomic E-state index is 12.8. The molecule has 4 aliphatic carbocycles. The number of hydrogen-bond donors (Lipinski definition) is 2. The largest absolute Gasteiger partial charge is 0.483 e. The van der Waals surface area contributed by atoms with Gasteiger partial charge in [0.25, 0.3) is 5.91 Å². The van der Waals surface area contributed by atoms with Crippen molar-refractivity contribution in [2.45, 2.75) is 77.2 Å². The molecule has 1 aliphatic heterocycles. The van der Waals surface area contributed by atoms with Crippen molar-refractivity contribution < 1.29 is 19.1 Å². The first-order valence-corrected chi connectivity index (χ1v) is 14.0. The summed E-state index contributed by atoms with van der Waals surface area (Å²) in [5, 5.41) is 5.94. The minimum Gasteiger partial charge on any atom is -0.483 e. The van der Waals surface area contributed by atoms with Gasteiger partial charge in [0.05, 0.1) is 12.6 Å². The van der Waals surface area contributed by atoms with Crippen molar-refractivity contribution in [2.24, 2.45) is 23.2 Å². The molecule has 1 heterocycles. The van der Waals surface area contributed by atoms with Crippen LogP contribution in [0.3, 0.4) is 0 Å². The Kier molecular flexibility index (Phi) is 7.54. The first-order chi connectivity index (χ1) is 17.4. The summed E-state index contributed by atoms with van der Waals surface area (Å²) in [6.45, 7) is 3.58. The van der Waals surface area contributed by atoms with Crippen molar-refractivity contribution in [2.75, 3.05) is 26.2 Å². The lowest BCUT2D eigenvalue weighted by Gasteiger charge is -2.56. The third kappa shape index (κ3) is 5.70. The van der Waals surface area contributed by atoms with Crippen molar-refractivity contribution >= 4 is 17.7 Å². The van der Waals surface area contributed by atoms with E-state index in [2.05, 4.69) is 10.6 Å². The van der Waals surface area contributed by atoms with Gasteiger partial charge in [-0.3, -0.25) is 14.4 Å². The zero-order valence-electron chi connectivity index (χ0n) is 21.6. The van der Waals surface area contributed by atoms with Crippen molar-refractivity contribution in [3.05, 3.63) is 29.8 Å². The number of para-hydroxylation sites is 1. The van der Waals surface area contributed by atoms with Gasteiger partial charge in [-0.2, -0.15) is 0 Å². The Morgan fingerprint density at radius 3 is 2.28 bits per heavy atom. The Morgan fingerprint density at radius 2 is 1.64 bits per heavy atom. The van der Waals surface area contributed by atoms with Crippen molar-refractivity contribution in [3.63, 3.8) is 0 Å². The molecular weight excluding hydrogens is 454 g/mol. The standard InChI is InChI=1S/C29H41N3O4/c1-2-24(23-7-3-4-8-25(23)36-19-28(35)32-9-5-6-10-32)31-27(34)18-30-26(33)17-29-14-20-11-21(15-29)13-22(12-20)16-29/h3-4,7-8,20-22,24H,2,5-6,9-19H2,1H3,(H,30,33)(H,31,34). The maximum atomic E-state index is 12.8. The number of likely N-dealkylation sites (tertiary alicyclic amines) is 1. The smallest absolute Gasteiger partial charge is 0.260 e. The van der Waals surface area contributed by atoms with E-state index < -0.39 is 0 Å². The van der Waals surface area contributed by atoms with Crippen LogP contribution in [0.5, 0.6) is 5.75 Å². The van der Waals surface area contributed by atoms with E-state index >= 15 is 0 Å². The molecule has 1 atom stereocenters. The van der Waals surface area contributed by atoms with Gasteiger partial charge in [-0.05, 0) is 87.0 Å². The Balaban J connectivity index is 1.12. The van der Waals surface area contributed by atoms with Crippen LogP contribution in [0.4, 0.5) is 0 Å². The Hall–Kier alpha value is -2.57. The maximum Gasteiger partial charge on any atom is 0.260 e. The normalized spacial score (nSPS) is 29.1. The monoisotopic (exact) mass is 495 g/mol. The predicted molar refractivity (Wildman–Crippen MR) is 137 cm³/mol. The number of amides is 3. The lowest BCUT2D eigenvalue weighted by Crippen LogP contribution is -2.48. The predicted octanol–water partition coefficient (Wildman–Crippen LogP) is 3.98. The van der Waals surface area contributed by atoms with Crippen LogP contribution in [0.1, 0.15) is 82.7 Å².